The van der Waals surface area contributed by atoms with Gasteiger partial charge in [0.05, 0.1) is 0 Å². The molecule has 2 unspecified atom stereocenters. The number of hydrogen-bond acceptors (Lipinski definition) is 3. The fourth-order valence-electron chi connectivity index (χ4n) is 4.21. The Hall–Kier alpha value is -1.22. The molecular weight excluding hydrogens is 250 g/mol. The van der Waals surface area contributed by atoms with Crippen LogP contribution in [0.25, 0.3) is 0 Å². The first-order chi connectivity index (χ1) is 9.38. The summed E-state index contributed by atoms with van der Waals surface area (Å²) in [5.41, 5.74) is 8.00. The van der Waals surface area contributed by atoms with Crippen LogP contribution in [0.4, 0.5) is 0 Å². The van der Waals surface area contributed by atoms with Gasteiger partial charge in [-0.15, -0.1) is 0 Å². The van der Waals surface area contributed by atoms with E-state index >= 15 is 0 Å². The van der Waals surface area contributed by atoms with Crippen molar-refractivity contribution in [2.75, 3.05) is 13.2 Å². The summed E-state index contributed by atoms with van der Waals surface area (Å²) in [5, 5.41) is 0. The lowest BCUT2D eigenvalue weighted by Crippen LogP contribution is -2.46. The van der Waals surface area contributed by atoms with Crippen LogP contribution in [0.5, 0.6) is 11.5 Å². The minimum Gasteiger partial charge on any atom is -0.486 e. The van der Waals surface area contributed by atoms with E-state index in [2.05, 4.69) is 32.9 Å². The smallest absolute Gasteiger partial charge is 0.161 e. The minimum absolute atomic E-state index is 0.253. The van der Waals surface area contributed by atoms with Gasteiger partial charge in [-0.3, -0.25) is 0 Å². The zero-order valence-corrected chi connectivity index (χ0v) is 12.7. The van der Waals surface area contributed by atoms with Gasteiger partial charge >= 0.3 is 0 Å². The molecule has 0 aromatic heterocycles. The third kappa shape index (κ3) is 2.51. The van der Waals surface area contributed by atoms with Crippen molar-refractivity contribution in [3.63, 3.8) is 0 Å². The largest absolute Gasteiger partial charge is 0.486 e. The highest BCUT2D eigenvalue weighted by Gasteiger charge is 2.41. The Balaban J connectivity index is 1.94. The van der Waals surface area contributed by atoms with E-state index in [1.807, 2.05) is 6.07 Å². The summed E-state index contributed by atoms with van der Waals surface area (Å²) >= 11 is 0. The Kier molecular flexibility index (Phi) is 3.20. The zero-order chi connectivity index (χ0) is 14.4. The molecule has 0 radical (unpaired) electrons. The lowest BCUT2D eigenvalue weighted by Gasteiger charge is -2.46. The monoisotopic (exact) mass is 275 g/mol. The number of hydrogen-bond donors (Lipinski definition) is 1. The summed E-state index contributed by atoms with van der Waals surface area (Å²) in [6.45, 7) is 8.20. The summed E-state index contributed by atoms with van der Waals surface area (Å²) < 4.78 is 11.3. The van der Waals surface area contributed by atoms with Gasteiger partial charge in [0.2, 0.25) is 0 Å². The number of rotatable bonds is 1. The predicted molar refractivity (Wildman–Crippen MR) is 80.1 cm³/mol. The standard InChI is InChI=1S/C17H25NO2/c1-12-9-16(2,3)11-17(18,10-12)13-4-5-14-15(8-13)20-7-6-19-14/h4-5,8,12H,6-7,9-11,18H2,1-3H3. The molecule has 0 spiro atoms. The summed E-state index contributed by atoms with van der Waals surface area (Å²) in [6, 6.07) is 6.20. The van der Waals surface area contributed by atoms with Crippen molar-refractivity contribution in [1.82, 2.24) is 0 Å². The Morgan fingerprint density at radius 1 is 1.10 bits per heavy atom. The van der Waals surface area contributed by atoms with Crippen LogP contribution < -0.4 is 15.2 Å². The molecule has 2 aliphatic rings. The topological polar surface area (TPSA) is 44.5 Å². The van der Waals surface area contributed by atoms with Crippen LogP contribution in [0.15, 0.2) is 18.2 Å². The van der Waals surface area contributed by atoms with Crippen LogP contribution in [-0.4, -0.2) is 13.2 Å². The number of fused-ring (bicyclic) bond motifs is 1. The van der Waals surface area contributed by atoms with E-state index in [1.54, 1.807) is 0 Å². The van der Waals surface area contributed by atoms with Crippen molar-refractivity contribution in [2.45, 2.75) is 45.6 Å². The normalized spacial score (nSPS) is 31.9. The summed E-state index contributed by atoms with van der Waals surface area (Å²) in [4.78, 5) is 0. The van der Waals surface area contributed by atoms with E-state index in [1.165, 1.54) is 12.0 Å². The van der Waals surface area contributed by atoms with Crippen molar-refractivity contribution in [3.8, 4) is 11.5 Å². The van der Waals surface area contributed by atoms with Crippen molar-refractivity contribution in [1.29, 1.82) is 0 Å². The molecule has 1 saturated carbocycles. The number of benzene rings is 1. The quantitative estimate of drug-likeness (QED) is 0.853. The fourth-order valence-corrected chi connectivity index (χ4v) is 4.21. The third-order valence-electron chi connectivity index (χ3n) is 4.52. The maximum absolute atomic E-state index is 6.78. The van der Waals surface area contributed by atoms with Gasteiger partial charge in [0.25, 0.3) is 0 Å². The van der Waals surface area contributed by atoms with Crippen LogP contribution in [0, 0.1) is 11.3 Å². The Morgan fingerprint density at radius 3 is 2.50 bits per heavy atom. The zero-order valence-electron chi connectivity index (χ0n) is 12.7. The first kappa shape index (κ1) is 13.7. The Labute approximate surface area is 121 Å². The second kappa shape index (κ2) is 4.66. The molecule has 0 bridgehead atoms. The third-order valence-corrected chi connectivity index (χ3v) is 4.52. The van der Waals surface area contributed by atoms with E-state index in [9.17, 15) is 0 Å². The van der Waals surface area contributed by atoms with E-state index < -0.39 is 0 Å². The van der Waals surface area contributed by atoms with Crippen LogP contribution in [0.2, 0.25) is 0 Å². The molecule has 1 aromatic carbocycles. The van der Waals surface area contributed by atoms with Crippen molar-refractivity contribution in [2.24, 2.45) is 17.1 Å². The lowest BCUT2D eigenvalue weighted by molar-refractivity contribution is 0.106. The second-order valence-corrected chi connectivity index (χ2v) is 7.37. The first-order valence-electron chi connectivity index (χ1n) is 7.57. The molecular formula is C17H25NO2. The summed E-state index contributed by atoms with van der Waals surface area (Å²) in [7, 11) is 0. The van der Waals surface area contributed by atoms with Gasteiger partial charge in [-0.25, -0.2) is 0 Å². The van der Waals surface area contributed by atoms with E-state index in [0.29, 0.717) is 24.5 Å². The fraction of sp³-hybridized carbons (Fsp3) is 0.647. The molecule has 20 heavy (non-hydrogen) atoms. The van der Waals surface area contributed by atoms with Crippen LogP contribution in [0.1, 0.15) is 45.6 Å². The average Bonchev–Trinajstić information content (AvgIpc) is 2.35. The highest BCUT2D eigenvalue weighted by atomic mass is 16.6. The lowest BCUT2D eigenvalue weighted by atomic mass is 9.62. The number of nitrogens with two attached hydrogens (primary N) is 1. The predicted octanol–water partition coefficient (Wildman–Crippen LogP) is 3.46. The molecule has 2 atom stereocenters. The molecule has 3 nitrogen and oxygen atoms in total. The highest BCUT2D eigenvalue weighted by molar-refractivity contribution is 5.46. The Bertz CT molecular complexity index is 512. The van der Waals surface area contributed by atoms with Crippen LogP contribution in [0.3, 0.4) is 0 Å². The van der Waals surface area contributed by atoms with Crippen molar-refractivity contribution < 1.29 is 9.47 Å². The molecule has 110 valence electrons. The maximum atomic E-state index is 6.78. The second-order valence-electron chi connectivity index (χ2n) is 7.37. The van der Waals surface area contributed by atoms with Gasteiger partial charge in [-0.05, 0) is 48.3 Å². The van der Waals surface area contributed by atoms with Crippen molar-refractivity contribution >= 4 is 0 Å². The molecule has 3 rings (SSSR count). The van der Waals surface area contributed by atoms with Gasteiger partial charge in [0, 0.05) is 5.54 Å². The van der Waals surface area contributed by atoms with E-state index in [4.69, 9.17) is 15.2 Å². The van der Waals surface area contributed by atoms with Crippen molar-refractivity contribution in [3.05, 3.63) is 23.8 Å². The molecule has 2 N–H and O–H groups in total. The SMILES string of the molecule is CC1CC(C)(C)CC(N)(c2ccc3c(c2)OCCO3)C1. The molecule has 0 amide bonds. The van der Waals surface area contributed by atoms with Gasteiger partial charge < -0.3 is 15.2 Å². The maximum Gasteiger partial charge on any atom is 0.161 e. The minimum atomic E-state index is -0.253. The highest BCUT2D eigenvalue weighted by Crippen LogP contribution is 2.48. The van der Waals surface area contributed by atoms with Gasteiger partial charge in [0.1, 0.15) is 13.2 Å². The molecule has 1 aliphatic carbocycles. The van der Waals surface area contributed by atoms with Crippen LogP contribution >= 0.6 is 0 Å². The van der Waals surface area contributed by atoms with Gasteiger partial charge in [-0.1, -0.05) is 26.8 Å². The summed E-state index contributed by atoms with van der Waals surface area (Å²) in [5.74, 6) is 2.33. The molecule has 3 heteroatoms. The average molecular weight is 275 g/mol. The summed E-state index contributed by atoms with van der Waals surface area (Å²) in [6.07, 6.45) is 3.30. The first-order valence-corrected chi connectivity index (χ1v) is 7.57. The molecule has 1 heterocycles. The Morgan fingerprint density at radius 2 is 1.80 bits per heavy atom. The van der Waals surface area contributed by atoms with Crippen LogP contribution in [-0.2, 0) is 5.54 Å². The molecule has 0 saturated heterocycles. The molecule has 1 aliphatic heterocycles. The van der Waals surface area contributed by atoms with E-state index in [0.717, 1.165) is 24.3 Å². The van der Waals surface area contributed by atoms with Gasteiger partial charge in [0.15, 0.2) is 11.5 Å². The molecule has 1 aromatic rings. The number of ether oxygens (including phenoxy) is 2. The van der Waals surface area contributed by atoms with Gasteiger partial charge in [-0.2, -0.15) is 0 Å². The van der Waals surface area contributed by atoms with E-state index in [-0.39, 0.29) is 5.54 Å². The molecule has 1 fully saturated rings.